The van der Waals surface area contributed by atoms with Gasteiger partial charge in [0.1, 0.15) is 0 Å². The van der Waals surface area contributed by atoms with Crippen LogP contribution in [-0.4, -0.2) is 29.7 Å². The van der Waals surface area contributed by atoms with Gasteiger partial charge in [0.2, 0.25) is 0 Å². The minimum absolute atomic E-state index is 0.0443. The highest BCUT2D eigenvalue weighted by Crippen LogP contribution is 2.16. The molecule has 2 atom stereocenters. The second-order valence-electron chi connectivity index (χ2n) is 5.17. The van der Waals surface area contributed by atoms with Gasteiger partial charge in [0, 0.05) is 35.2 Å². The normalized spacial score (nSPS) is 13.6. The third-order valence-corrected chi connectivity index (χ3v) is 3.84. The topological polar surface area (TPSA) is 78.4 Å². The molecule has 3 N–H and O–H groups in total. The second-order valence-corrected chi connectivity index (χ2v) is 6.55. The predicted octanol–water partition coefficient (Wildman–Crippen LogP) is 2.40. The van der Waals surface area contributed by atoms with Crippen LogP contribution in [0.15, 0.2) is 12.1 Å². The lowest BCUT2D eigenvalue weighted by Gasteiger charge is -2.15. The molecular weight excluding hydrogens is 276 g/mol. The number of carbonyl (C=O) groups is 2. The van der Waals surface area contributed by atoms with E-state index in [0.717, 1.165) is 6.42 Å². The van der Waals surface area contributed by atoms with Gasteiger partial charge in [0.25, 0.3) is 0 Å². The third-order valence-electron chi connectivity index (χ3n) is 2.82. The second kappa shape index (κ2) is 7.89. The van der Waals surface area contributed by atoms with E-state index in [2.05, 4.69) is 29.7 Å². The van der Waals surface area contributed by atoms with Crippen molar-refractivity contribution in [3.05, 3.63) is 21.9 Å². The van der Waals surface area contributed by atoms with Gasteiger partial charge in [-0.2, -0.15) is 0 Å². The Morgan fingerprint density at radius 3 is 2.60 bits per heavy atom. The maximum absolute atomic E-state index is 11.7. The molecule has 0 saturated heterocycles. The summed E-state index contributed by atoms with van der Waals surface area (Å²) in [5, 5.41) is 14.2. The lowest BCUT2D eigenvalue weighted by atomic mass is 10.1. The molecule has 0 radical (unpaired) electrons. The lowest BCUT2D eigenvalue weighted by molar-refractivity contribution is -0.137. The highest BCUT2D eigenvalue weighted by molar-refractivity contribution is 7.11. The minimum atomic E-state index is -0.846. The molecule has 112 valence electrons. The number of hydrogen-bond acceptors (Lipinski definition) is 3. The molecule has 2 amide bonds. The van der Waals surface area contributed by atoms with Crippen LogP contribution in [-0.2, 0) is 11.2 Å². The van der Waals surface area contributed by atoms with Gasteiger partial charge < -0.3 is 15.7 Å². The Morgan fingerprint density at radius 2 is 2.05 bits per heavy atom. The van der Waals surface area contributed by atoms with Crippen molar-refractivity contribution >= 4 is 23.3 Å². The van der Waals surface area contributed by atoms with Crippen LogP contribution in [0.1, 0.15) is 30.0 Å². The molecule has 0 saturated carbocycles. The number of rotatable bonds is 7. The smallest absolute Gasteiger partial charge is 0.315 e. The van der Waals surface area contributed by atoms with Crippen LogP contribution in [0, 0.1) is 12.8 Å². The van der Waals surface area contributed by atoms with Crippen LogP contribution in [0.3, 0.4) is 0 Å². The molecule has 1 aromatic rings. The Morgan fingerprint density at radius 1 is 1.35 bits per heavy atom. The average Bonchev–Trinajstić information content (AvgIpc) is 2.71. The van der Waals surface area contributed by atoms with Gasteiger partial charge in [0.15, 0.2) is 0 Å². The van der Waals surface area contributed by atoms with Gasteiger partial charge in [0.05, 0.1) is 0 Å². The quantitative estimate of drug-likeness (QED) is 0.723. The largest absolute Gasteiger partial charge is 0.481 e. The summed E-state index contributed by atoms with van der Waals surface area (Å²) in [5.41, 5.74) is 0. The molecule has 2 unspecified atom stereocenters. The number of aliphatic carboxylic acids is 1. The zero-order valence-corrected chi connectivity index (χ0v) is 12.9. The van der Waals surface area contributed by atoms with Gasteiger partial charge in [-0.25, -0.2) is 4.79 Å². The summed E-state index contributed by atoms with van der Waals surface area (Å²) in [6.07, 6.45) is 0.862. The summed E-state index contributed by atoms with van der Waals surface area (Å²) in [6.45, 7) is 6.17. The predicted molar refractivity (Wildman–Crippen MR) is 80.2 cm³/mol. The van der Waals surface area contributed by atoms with Crippen LogP contribution >= 0.6 is 11.3 Å². The summed E-state index contributed by atoms with van der Waals surface area (Å²) in [4.78, 5) is 24.7. The number of hydrogen-bond donors (Lipinski definition) is 3. The molecule has 0 spiro atoms. The molecule has 5 nitrogen and oxygen atoms in total. The van der Waals surface area contributed by atoms with E-state index in [1.165, 1.54) is 9.75 Å². The van der Waals surface area contributed by atoms with E-state index in [0.29, 0.717) is 6.54 Å². The van der Waals surface area contributed by atoms with Crippen LogP contribution in [0.4, 0.5) is 4.79 Å². The number of thiophene rings is 1. The highest BCUT2D eigenvalue weighted by atomic mass is 32.1. The first-order valence-electron chi connectivity index (χ1n) is 6.68. The summed E-state index contributed by atoms with van der Waals surface area (Å²) < 4.78 is 0. The van der Waals surface area contributed by atoms with Crippen molar-refractivity contribution < 1.29 is 14.7 Å². The van der Waals surface area contributed by atoms with Gasteiger partial charge >= 0.3 is 12.0 Å². The fourth-order valence-electron chi connectivity index (χ4n) is 1.86. The number of carboxylic acids is 1. The molecule has 0 aliphatic carbocycles. The molecule has 6 heteroatoms. The summed E-state index contributed by atoms with van der Waals surface area (Å²) in [6, 6.07) is 3.94. The third kappa shape index (κ3) is 6.56. The zero-order valence-electron chi connectivity index (χ0n) is 12.1. The SMILES string of the molecule is Cc1ccc(CC(C)NC(=O)NCC(C)CC(=O)O)s1. The van der Waals surface area contributed by atoms with Crippen molar-refractivity contribution in [2.45, 2.75) is 39.7 Å². The lowest BCUT2D eigenvalue weighted by Crippen LogP contribution is -2.43. The van der Waals surface area contributed by atoms with Gasteiger partial charge in [-0.15, -0.1) is 11.3 Å². The van der Waals surface area contributed by atoms with Crippen molar-refractivity contribution in [3.63, 3.8) is 0 Å². The summed E-state index contributed by atoms with van der Waals surface area (Å²) >= 11 is 1.73. The standard InChI is InChI=1S/C14H22N2O3S/c1-9(6-13(17)18)8-15-14(19)16-10(2)7-12-5-4-11(3)20-12/h4-5,9-10H,6-8H2,1-3H3,(H,17,18)(H2,15,16,19). The monoisotopic (exact) mass is 298 g/mol. The van der Waals surface area contributed by atoms with Crippen LogP contribution < -0.4 is 10.6 Å². The van der Waals surface area contributed by atoms with Gasteiger partial charge in [-0.3, -0.25) is 4.79 Å². The number of aryl methyl sites for hydroxylation is 1. The number of urea groups is 1. The average molecular weight is 298 g/mol. The van der Waals surface area contributed by atoms with E-state index >= 15 is 0 Å². The molecule has 1 heterocycles. The van der Waals surface area contributed by atoms with Crippen molar-refractivity contribution in [1.29, 1.82) is 0 Å². The first-order chi connectivity index (χ1) is 9.36. The van der Waals surface area contributed by atoms with E-state index in [9.17, 15) is 9.59 Å². The fourth-order valence-corrected chi connectivity index (χ4v) is 2.88. The summed E-state index contributed by atoms with van der Waals surface area (Å²) in [7, 11) is 0. The Balaban J connectivity index is 2.26. The maximum atomic E-state index is 11.7. The van der Waals surface area contributed by atoms with Crippen LogP contribution in [0.5, 0.6) is 0 Å². The number of carbonyl (C=O) groups excluding carboxylic acids is 1. The Hall–Kier alpha value is -1.56. The van der Waals surface area contributed by atoms with E-state index < -0.39 is 5.97 Å². The molecule has 0 aromatic carbocycles. The minimum Gasteiger partial charge on any atom is -0.481 e. The Kier molecular flexibility index (Phi) is 6.51. The molecule has 0 aliphatic rings. The van der Waals surface area contributed by atoms with Crippen molar-refractivity contribution in [2.24, 2.45) is 5.92 Å². The van der Waals surface area contributed by atoms with Gasteiger partial charge in [-0.1, -0.05) is 6.92 Å². The van der Waals surface area contributed by atoms with Crippen molar-refractivity contribution in [3.8, 4) is 0 Å². The molecule has 20 heavy (non-hydrogen) atoms. The fraction of sp³-hybridized carbons (Fsp3) is 0.571. The number of carboxylic acid groups (broad SMARTS) is 1. The van der Waals surface area contributed by atoms with E-state index in [1.54, 1.807) is 18.3 Å². The Bertz CT molecular complexity index is 459. The van der Waals surface area contributed by atoms with E-state index in [1.807, 2.05) is 6.92 Å². The number of nitrogens with one attached hydrogen (secondary N) is 2. The number of amides is 2. The molecule has 1 rings (SSSR count). The maximum Gasteiger partial charge on any atom is 0.315 e. The highest BCUT2D eigenvalue weighted by Gasteiger charge is 2.11. The molecule has 0 bridgehead atoms. The van der Waals surface area contributed by atoms with Crippen LogP contribution in [0.25, 0.3) is 0 Å². The molecule has 1 aromatic heterocycles. The summed E-state index contributed by atoms with van der Waals surface area (Å²) in [5.74, 6) is -0.922. The molecule has 0 fully saturated rings. The first kappa shape index (κ1) is 16.5. The van der Waals surface area contributed by atoms with E-state index in [-0.39, 0.29) is 24.4 Å². The van der Waals surface area contributed by atoms with Gasteiger partial charge in [-0.05, 0) is 31.9 Å². The van der Waals surface area contributed by atoms with Crippen molar-refractivity contribution in [1.82, 2.24) is 10.6 Å². The van der Waals surface area contributed by atoms with E-state index in [4.69, 9.17) is 5.11 Å². The van der Waals surface area contributed by atoms with Crippen LogP contribution in [0.2, 0.25) is 0 Å². The molecular formula is C14H22N2O3S. The zero-order chi connectivity index (χ0) is 15.1. The Labute approximate surface area is 123 Å². The van der Waals surface area contributed by atoms with Crippen molar-refractivity contribution in [2.75, 3.05) is 6.54 Å². The first-order valence-corrected chi connectivity index (χ1v) is 7.50. The molecule has 0 aliphatic heterocycles.